The number of benzene rings is 1. The van der Waals surface area contributed by atoms with Crippen molar-refractivity contribution in [2.24, 2.45) is 5.92 Å². The molecule has 0 atom stereocenters. The normalized spacial score (nSPS) is 10.5. The summed E-state index contributed by atoms with van der Waals surface area (Å²) < 4.78 is 10.8. The Labute approximate surface area is 143 Å². The molecular formula is C18H26N4O2. The number of aromatic nitrogens is 2. The van der Waals surface area contributed by atoms with Gasteiger partial charge in [-0.2, -0.15) is 4.98 Å². The highest BCUT2D eigenvalue weighted by atomic mass is 16.5. The molecule has 1 aromatic heterocycles. The van der Waals surface area contributed by atoms with Gasteiger partial charge in [-0.3, -0.25) is 0 Å². The molecule has 2 N–H and O–H groups in total. The van der Waals surface area contributed by atoms with Crippen LogP contribution in [0, 0.1) is 5.92 Å². The van der Waals surface area contributed by atoms with E-state index in [1.807, 2.05) is 30.3 Å². The quantitative estimate of drug-likeness (QED) is 0.651. The van der Waals surface area contributed by atoms with Crippen molar-refractivity contribution in [3.63, 3.8) is 0 Å². The summed E-state index contributed by atoms with van der Waals surface area (Å²) in [7, 11) is 1.65. The molecule has 0 saturated carbocycles. The Bertz CT molecular complexity index is 602. The number of nitrogens with one attached hydrogen (secondary N) is 2. The van der Waals surface area contributed by atoms with Crippen molar-refractivity contribution in [1.29, 1.82) is 0 Å². The zero-order valence-corrected chi connectivity index (χ0v) is 14.6. The SMILES string of the molecule is COc1ccc(OCCNc2ccnc(NCCC(C)C)n2)cc1. The Hall–Kier alpha value is -2.50. The fourth-order valence-corrected chi connectivity index (χ4v) is 2.03. The van der Waals surface area contributed by atoms with Gasteiger partial charge < -0.3 is 20.1 Å². The standard InChI is InChI=1S/C18H26N4O2/c1-14(2)8-10-20-18-21-11-9-17(22-18)19-12-13-24-16-6-4-15(23-3)5-7-16/h4-7,9,11,14H,8,10,12-13H2,1-3H3,(H2,19,20,21,22). The van der Waals surface area contributed by atoms with Gasteiger partial charge in [-0.1, -0.05) is 13.8 Å². The van der Waals surface area contributed by atoms with E-state index in [1.54, 1.807) is 13.3 Å². The lowest BCUT2D eigenvalue weighted by Crippen LogP contribution is -2.13. The van der Waals surface area contributed by atoms with E-state index >= 15 is 0 Å². The van der Waals surface area contributed by atoms with Gasteiger partial charge in [0.15, 0.2) is 0 Å². The van der Waals surface area contributed by atoms with Crippen LogP contribution in [-0.4, -0.2) is 36.8 Å². The largest absolute Gasteiger partial charge is 0.497 e. The van der Waals surface area contributed by atoms with Crippen molar-refractivity contribution < 1.29 is 9.47 Å². The van der Waals surface area contributed by atoms with Crippen LogP contribution in [0.3, 0.4) is 0 Å². The van der Waals surface area contributed by atoms with Crippen LogP contribution in [0.25, 0.3) is 0 Å². The number of hydrogen-bond donors (Lipinski definition) is 2. The molecule has 0 unspecified atom stereocenters. The number of anilines is 2. The first-order chi connectivity index (χ1) is 11.7. The predicted molar refractivity (Wildman–Crippen MR) is 97.0 cm³/mol. The molecule has 2 rings (SSSR count). The highest BCUT2D eigenvalue weighted by Crippen LogP contribution is 2.16. The molecule has 0 fully saturated rings. The van der Waals surface area contributed by atoms with E-state index in [4.69, 9.17) is 9.47 Å². The van der Waals surface area contributed by atoms with Crippen molar-refractivity contribution in [3.8, 4) is 11.5 Å². The van der Waals surface area contributed by atoms with E-state index in [0.717, 1.165) is 30.3 Å². The highest BCUT2D eigenvalue weighted by Gasteiger charge is 2.00. The Morgan fingerprint density at radius 2 is 1.75 bits per heavy atom. The summed E-state index contributed by atoms with van der Waals surface area (Å²) >= 11 is 0. The number of methoxy groups -OCH3 is 1. The number of rotatable bonds is 10. The Kier molecular flexibility index (Phi) is 7.14. The zero-order chi connectivity index (χ0) is 17.2. The van der Waals surface area contributed by atoms with Crippen LogP contribution < -0.4 is 20.1 Å². The van der Waals surface area contributed by atoms with E-state index in [1.165, 1.54) is 0 Å². The first-order valence-corrected chi connectivity index (χ1v) is 8.25. The third kappa shape index (κ3) is 6.32. The highest BCUT2D eigenvalue weighted by molar-refractivity contribution is 5.39. The summed E-state index contributed by atoms with van der Waals surface area (Å²) in [5, 5.41) is 6.47. The average molecular weight is 330 g/mol. The number of nitrogens with zero attached hydrogens (tertiary/aromatic N) is 2. The lowest BCUT2D eigenvalue weighted by molar-refractivity contribution is 0.331. The molecule has 1 heterocycles. The van der Waals surface area contributed by atoms with Gasteiger partial charge >= 0.3 is 0 Å². The fourth-order valence-electron chi connectivity index (χ4n) is 2.03. The van der Waals surface area contributed by atoms with Crippen LogP contribution in [0.4, 0.5) is 11.8 Å². The molecule has 2 aromatic rings. The lowest BCUT2D eigenvalue weighted by atomic mass is 10.1. The van der Waals surface area contributed by atoms with Gasteiger partial charge in [0.1, 0.15) is 23.9 Å². The summed E-state index contributed by atoms with van der Waals surface area (Å²) in [6, 6.07) is 9.38. The maximum Gasteiger partial charge on any atom is 0.224 e. The molecule has 6 nitrogen and oxygen atoms in total. The van der Waals surface area contributed by atoms with Gasteiger partial charge in [0.05, 0.1) is 13.7 Å². The molecule has 0 bridgehead atoms. The predicted octanol–water partition coefficient (Wildman–Crippen LogP) is 3.43. The second kappa shape index (κ2) is 9.60. The Balaban J connectivity index is 1.71. The van der Waals surface area contributed by atoms with Gasteiger partial charge in [-0.25, -0.2) is 4.98 Å². The fraction of sp³-hybridized carbons (Fsp3) is 0.444. The Morgan fingerprint density at radius 1 is 1.00 bits per heavy atom. The van der Waals surface area contributed by atoms with Crippen molar-refractivity contribution in [2.45, 2.75) is 20.3 Å². The minimum Gasteiger partial charge on any atom is -0.497 e. The van der Waals surface area contributed by atoms with E-state index in [2.05, 4.69) is 34.4 Å². The molecule has 0 radical (unpaired) electrons. The van der Waals surface area contributed by atoms with Gasteiger partial charge in [0.2, 0.25) is 5.95 Å². The maximum absolute atomic E-state index is 5.67. The van der Waals surface area contributed by atoms with Crippen molar-refractivity contribution in [1.82, 2.24) is 9.97 Å². The second-order valence-electron chi connectivity index (χ2n) is 5.83. The molecule has 1 aromatic carbocycles. The smallest absolute Gasteiger partial charge is 0.224 e. The molecule has 6 heteroatoms. The first kappa shape index (κ1) is 17.8. The average Bonchev–Trinajstić information content (AvgIpc) is 2.59. The number of hydrogen-bond acceptors (Lipinski definition) is 6. The van der Waals surface area contributed by atoms with E-state index in [-0.39, 0.29) is 0 Å². The van der Waals surface area contributed by atoms with Gasteiger partial charge in [0.25, 0.3) is 0 Å². The molecule has 0 aliphatic carbocycles. The monoisotopic (exact) mass is 330 g/mol. The summed E-state index contributed by atoms with van der Waals surface area (Å²) in [5.41, 5.74) is 0. The molecule has 24 heavy (non-hydrogen) atoms. The third-order valence-electron chi connectivity index (χ3n) is 3.40. The topological polar surface area (TPSA) is 68.3 Å². The first-order valence-electron chi connectivity index (χ1n) is 8.25. The van der Waals surface area contributed by atoms with Crippen LogP contribution in [0.2, 0.25) is 0 Å². The van der Waals surface area contributed by atoms with Crippen molar-refractivity contribution in [2.75, 3.05) is 37.4 Å². The van der Waals surface area contributed by atoms with E-state index in [9.17, 15) is 0 Å². The molecule has 0 amide bonds. The summed E-state index contributed by atoms with van der Waals surface area (Å²) in [4.78, 5) is 8.65. The van der Waals surface area contributed by atoms with Crippen molar-refractivity contribution in [3.05, 3.63) is 36.5 Å². The summed E-state index contributed by atoms with van der Waals surface area (Å²) in [6.07, 6.45) is 2.84. The molecule has 0 aliphatic heterocycles. The van der Waals surface area contributed by atoms with Gasteiger partial charge in [-0.15, -0.1) is 0 Å². The zero-order valence-electron chi connectivity index (χ0n) is 14.6. The molecule has 0 saturated heterocycles. The second-order valence-corrected chi connectivity index (χ2v) is 5.83. The summed E-state index contributed by atoms with van der Waals surface area (Å²) in [5.74, 6) is 3.73. The molecule has 130 valence electrons. The van der Waals surface area contributed by atoms with Crippen LogP contribution >= 0.6 is 0 Å². The van der Waals surface area contributed by atoms with Gasteiger partial charge in [-0.05, 0) is 42.7 Å². The molecule has 0 spiro atoms. The van der Waals surface area contributed by atoms with E-state index < -0.39 is 0 Å². The minimum absolute atomic E-state index is 0.548. The summed E-state index contributed by atoms with van der Waals surface area (Å²) in [6.45, 7) is 6.48. The van der Waals surface area contributed by atoms with Crippen LogP contribution in [-0.2, 0) is 0 Å². The number of ether oxygens (including phenoxy) is 2. The Morgan fingerprint density at radius 3 is 2.46 bits per heavy atom. The molecular weight excluding hydrogens is 304 g/mol. The third-order valence-corrected chi connectivity index (χ3v) is 3.40. The van der Waals surface area contributed by atoms with Crippen molar-refractivity contribution >= 4 is 11.8 Å². The maximum atomic E-state index is 5.67. The van der Waals surface area contributed by atoms with Gasteiger partial charge in [0, 0.05) is 12.7 Å². The molecule has 0 aliphatic rings. The minimum atomic E-state index is 0.548. The van der Waals surface area contributed by atoms with Crippen LogP contribution in [0.15, 0.2) is 36.5 Å². The van der Waals surface area contributed by atoms with Crippen LogP contribution in [0.5, 0.6) is 11.5 Å². The van der Waals surface area contributed by atoms with E-state index in [0.29, 0.717) is 25.0 Å². The van der Waals surface area contributed by atoms with Crippen LogP contribution in [0.1, 0.15) is 20.3 Å². The lowest BCUT2D eigenvalue weighted by Gasteiger charge is -2.10.